The Labute approximate surface area is 166 Å². The number of nitrogens with zero attached hydrogens (tertiary/aromatic N) is 3. The zero-order valence-electron chi connectivity index (χ0n) is 15.0. The Balaban J connectivity index is 1.64. The molecule has 1 aromatic carbocycles. The van der Waals surface area contributed by atoms with Gasteiger partial charge in [-0.3, -0.25) is 14.8 Å². The number of nitrogens with one attached hydrogen (secondary N) is 1. The second kappa shape index (κ2) is 8.58. The van der Waals surface area contributed by atoms with E-state index in [1.54, 1.807) is 43.7 Å². The van der Waals surface area contributed by atoms with Crippen molar-refractivity contribution in [3.05, 3.63) is 82.0 Å². The van der Waals surface area contributed by atoms with E-state index in [0.717, 1.165) is 11.1 Å². The van der Waals surface area contributed by atoms with Crippen molar-refractivity contribution < 1.29 is 14.7 Å². The Morgan fingerprint density at radius 1 is 1.11 bits per heavy atom. The summed E-state index contributed by atoms with van der Waals surface area (Å²) in [5, 5.41) is 12.3. The maximum Gasteiger partial charge on any atom is 0.335 e. The minimum absolute atomic E-state index is 0.190. The van der Waals surface area contributed by atoms with Gasteiger partial charge in [-0.25, -0.2) is 9.78 Å². The first-order valence-corrected chi connectivity index (χ1v) is 8.86. The van der Waals surface area contributed by atoms with E-state index in [0.29, 0.717) is 34.9 Å². The fourth-order valence-corrected chi connectivity index (χ4v) is 2.83. The third-order valence-corrected chi connectivity index (χ3v) is 4.52. The van der Waals surface area contributed by atoms with Crippen molar-refractivity contribution >= 4 is 29.3 Å². The Morgan fingerprint density at radius 2 is 1.93 bits per heavy atom. The molecule has 0 saturated carbocycles. The molecule has 0 aliphatic carbocycles. The number of hydrogen-bond donors (Lipinski definition) is 2. The van der Waals surface area contributed by atoms with Gasteiger partial charge in [-0.1, -0.05) is 11.6 Å². The number of hydrogen-bond acceptors (Lipinski definition) is 5. The number of carboxylic acid groups (broad SMARTS) is 1. The van der Waals surface area contributed by atoms with Gasteiger partial charge >= 0.3 is 5.97 Å². The van der Waals surface area contributed by atoms with E-state index in [9.17, 15) is 9.59 Å². The van der Waals surface area contributed by atoms with Crippen LogP contribution < -0.4 is 5.32 Å². The number of aromatic carboxylic acids is 1. The molecule has 7 nitrogen and oxygen atoms in total. The minimum atomic E-state index is -0.998. The number of rotatable bonds is 6. The third kappa shape index (κ3) is 4.69. The van der Waals surface area contributed by atoms with Crippen molar-refractivity contribution in [2.75, 3.05) is 5.32 Å². The molecule has 0 atom stereocenters. The van der Waals surface area contributed by atoms with Gasteiger partial charge in [0.1, 0.15) is 0 Å². The molecule has 0 aliphatic rings. The van der Waals surface area contributed by atoms with E-state index < -0.39 is 5.97 Å². The molecule has 3 rings (SSSR count). The first kappa shape index (κ1) is 19.4. The number of pyridine rings is 1. The summed E-state index contributed by atoms with van der Waals surface area (Å²) in [5.41, 5.74) is 2.91. The predicted octanol–water partition coefficient (Wildman–Crippen LogP) is 3.57. The van der Waals surface area contributed by atoms with Gasteiger partial charge in [0.2, 0.25) is 0 Å². The highest BCUT2D eigenvalue weighted by Crippen LogP contribution is 2.20. The quantitative estimate of drug-likeness (QED) is 0.659. The van der Waals surface area contributed by atoms with E-state index in [4.69, 9.17) is 16.7 Å². The first-order chi connectivity index (χ1) is 13.4. The maximum absolute atomic E-state index is 12.3. The van der Waals surface area contributed by atoms with Crippen molar-refractivity contribution in [2.24, 2.45) is 0 Å². The molecule has 0 aliphatic heterocycles. The van der Waals surface area contributed by atoms with Crippen LogP contribution in [0.5, 0.6) is 0 Å². The summed E-state index contributed by atoms with van der Waals surface area (Å²) < 4.78 is 0. The van der Waals surface area contributed by atoms with Gasteiger partial charge in [-0.05, 0) is 55.2 Å². The first-order valence-electron chi connectivity index (χ1n) is 8.48. The normalized spacial score (nSPS) is 10.5. The third-order valence-electron chi connectivity index (χ3n) is 4.15. The highest BCUT2D eigenvalue weighted by molar-refractivity contribution is 6.31. The Bertz CT molecular complexity index is 1020. The molecule has 0 saturated heterocycles. The summed E-state index contributed by atoms with van der Waals surface area (Å²) in [4.78, 5) is 35.9. The van der Waals surface area contributed by atoms with Crippen LogP contribution in [0.3, 0.4) is 0 Å². The van der Waals surface area contributed by atoms with Crippen molar-refractivity contribution in [1.82, 2.24) is 15.0 Å². The number of carbonyl (C=O) groups is 2. The van der Waals surface area contributed by atoms with Gasteiger partial charge in [-0.15, -0.1) is 0 Å². The van der Waals surface area contributed by atoms with E-state index in [2.05, 4.69) is 20.3 Å². The van der Waals surface area contributed by atoms with Crippen molar-refractivity contribution in [3.63, 3.8) is 0 Å². The SMILES string of the molecule is Cc1cnccc1C(=O)Nc1cnc(CCc2cc(C(=O)O)ccc2Cl)cn1. The minimum Gasteiger partial charge on any atom is -0.478 e. The molecule has 2 N–H and O–H groups in total. The lowest BCUT2D eigenvalue weighted by molar-refractivity contribution is 0.0696. The summed E-state index contributed by atoms with van der Waals surface area (Å²) in [6.45, 7) is 1.81. The van der Waals surface area contributed by atoms with Crippen LogP contribution >= 0.6 is 11.6 Å². The summed E-state index contributed by atoms with van der Waals surface area (Å²) >= 11 is 6.14. The number of aryl methyl sites for hydroxylation is 3. The van der Waals surface area contributed by atoms with Crippen LogP contribution in [0.2, 0.25) is 5.02 Å². The average Bonchev–Trinajstić information content (AvgIpc) is 2.68. The summed E-state index contributed by atoms with van der Waals surface area (Å²) in [7, 11) is 0. The molecule has 142 valence electrons. The zero-order chi connectivity index (χ0) is 20.1. The van der Waals surface area contributed by atoms with Gasteiger partial charge in [0.15, 0.2) is 5.82 Å². The molecular formula is C20H17ClN4O3. The monoisotopic (exact) mass is 396 g/mol. The van der Waals surface area contributed by atoms with Gasteiger partial charge in [0.25, 0.3) is 5.91 Å². The smallest absolute Gasteiger partial charge is 0.335 e. The zero-order valence-corrected chi connectivity index (χ0v) is 15.8. The average molecular weight is 397 g/mol. The summed E-state index contributed by atoms with van der Waals surface area (Å²) in [6, 6.07) is 6.24. The molecule has 2 aromatic heterocycles. The Hall–Kier alpha value is -3.32. The van der Waals surface area contributed by atoms with Crippen molar-refractivity contribution in [3.8, 4) is 0 Å². The van der Waals surface area contributed by atoms with Gasteiger partial charge in [0, 0.05) is 23.0 Å². The molecule has 0 spiro atoms. The largest absolute Gasteiger partial charge is 0.478 e. The van der Waals surface area contributed by atoms with Crippen LogP contribution in [0.4, 0.5) is 5.82 Å². The highest BCUT2D eigenvalue weighted by atomic mass is 35.5. The molecule has 1 amide bonds. The van der Waals surface area contributed by atoms with Gasteiger partial charge in [-0.2, -0.15) is 0 Å². The van der Waals surface area contributed by atoms with E-state index >= 15 is 0 Å². The molecule has 28 heavy (non-hydrogen) atoms. The summed E-state index contributed by atoms with van der Waals surface area (Å²) in [6.07, 6.45) is 7.29. The molecule has 0 fully saturated rings. The van der Waals surface area contributed by atoms with Crippen molar-refractivity contribution in [1.29, 1.82) is 0 Å². The van der Waals surface area contributed by atoms with E-state index in [1.165, 1.54) is 12.3 Å². The van der Waals surface area contributed by atoms with Crippen LogP contribution in [0, 0.1) is 6.92 Å². The maximum atomic E-state index is 12.3. The highest BCUT2D eigenvalue weighted by Gasteiger charge is 2.11. The molecular weight excluding hydrogens is 380 g/mol. The lowest BCUT2D eigenvalue weighted by atomic mass is 10.1. The predicted molar refractivity (Wildman–Crippen MR) is 105 cm³/mol. The molecule has 2 heterocycles. The topological polar surface area (TPSA) is 105 Å². The number of anilines is 1. The Kier molecular flexibility index (Phi) is 5.96. The molecule has 8 heteroatoms. The van der Waals surface area contributed by atoms with Crippen LogP contribution in [-0.2, 0) is 12.8 Å². The lowest BCUT2D eigenvalue weighted by Crippen LogP contribution is -2.15. The van der Waals surface area contributed by atoms with Gasteiger partial charge < -0.3 is 10.4 Å². The number of benzene rings is 1. The molecule has 0 unspecified atom stereocenters. The van der Waals surface area contributed by atoms with E-state index in [1.807, 2.05) is 0 Å². The van der Waals surface area contributed by atoms with Crippen LogP contribution in [-0.4, -0.2) is 31.9 Å². The standard InChI is InChI=1S/C20H17ClN4O3/c1-12-9-22-7-6-16(12)19(26)25-18-11-23-15(10-24-18)4-2-13-8-14(20(27)28)3-5-17(13)21/h3,5-11H,2,4H2,1H3,(H,27,28)(H,24,25,26). The number of carbonyl (C=O) groups excluding carboxylic acids is 1. The second-order valence-electron chi connectivity index (χ2n) is 6.15. The second-order valence-corrected chi connectivity index (χ2v) is 6.56. The fourth-order valence-electron chi connectivity index (χ4n) is 2.62. The van der Waals surface area contributed by atoms with Crippen LogP contribution in [0.25, 0.3) is 0 Å². The summed E-state index contributed by atoms with van der Waals surface area (Å²) in [5.74, 6) is -0.933. The molecule has 0 radical (unpaired) electrons. The van der Waals surface area contributed by atoms with E-state index in [-0.39, 0.29) is 11.5 Å². The number of carboxylic acids is 1. The molecule has 0 bridgehead atoms. The lowest BCUT2D eigenvalue weighted by Gasteiger charge is -2.08. The van der Waals surface area contributed by atoms with Crippen molar-refractivity contribution in [2.45, 2.75) is 19.8 Å². The fraction of sp³-hybridized carbons (Fsp3) is 0.150. The molecule has 3 aromatic rings. The van der Waals surface area contributed by atoms with Crippen LogP contribution in [0.1, 0.15) is 37.5 Å². The van der Waals surface area contributed by atoms with Gasteiger partial charge in [0.05, 0.1) is 23.7 Å². The number of amides is 1. The number of halogens is 1. The van der Waals surface area contributed by atoms with Crippen LogP contribution in [0.15, 0.2) is 49.1 Å². The Morgan fingerprint density at radius 3 is 2.61 bits per heavy atom. The number of aromatic nitrogens is 3.